The van der Waals surface area contributed by atoms with E-state index in [1.165, 1.54) is 11.1 Å². The van der Waals surface area contributed by atoms with Crippen molar-refractivity contribution in [1.82, 2.24) is 0 Å². The van der Waals surface area contributed by atoms with Gasteiger partial charge in [-0.1, -0.05) is 38.1 Å². The Morgan fingerprint density at radius 3 is 2.56 bits per heavy atom. The summed E-state index contributed by atoms with van der Waals surface area (Å²) in [6, 6.07) is 8.41. The van der Waals surface area contributed by atoms with Crippen molar-refractivity contribution >= 4 is 5.78 Å². The van der Waals surface area contributed by atoms with Gasteiger partial charge in [0.05, 0.1) is 0 Å². The number of benzene rings is 1. The highest BCUT2D eigenvalue weighted by molar-refractivity contribution is 5.88. The van der Waals surface area contributed by atoms with Gasteiger partial charge in [0.25, 0.3) is 0 Å². The van der Waals surface area contributed by atoms with Crippen molar-refractivity contribution in [2.75, 3.05) is 7.11 Å². The summed E-state index contributed by atoms with van der Waals surface area (Å²) in [7, 11) is 1.65. The molecule has 1 aromatic carbocycles. The molecule has 0 radical (unpaired) electrons. The minimum absolute atomic E-state index is 0.259. The first-order chi connectivity index (χ1) is 8.66. The van der Waals surface area contributed by atoms with E-state index < -0.39 is 5.60 Å². The summed E-state index contributed by atoms with van der Waals surface area (Å²) >= 11 is 0. The van der Waals surface area contributed by atoms with Crippen molar-refractivity contribution in [1.29, 1.82) is 0 Å². The van der Waals surface area contributed by atoms with Gasteiger partial charge in [-0.2, -0.15) is 0 Å². The maximum atomic E-state index is 12.4. The Balaban J connectivity index is 2.06. The number of carbonyl (C=O) groups excluding carboxylic acids is 1. The van der Waals surface area contributed by atoms with Gasteiger partial charge in [0.2, 0.25) is 0 Å². The quantitative estimate of drug-likeness (QED) is 0.768. The maximum Gasteiger partial charge on any atom is 0.165 e. The molecule has 0 saturated heterocycles. The molecule has 0 spiro atoms. The number of hydrogen-bond donors (Lipinski definition) is 0. The molecule has 0 fully saturated rings. The number of rotatable bonds is 6. The van der Waals surface area contributed by atoms with E-state index in [1.807, 2.05) is 13.8 Å². The number of ketones is 1. The molecule has 1 aromatic rings. The molecular weight excluding hydrogens is 224 g/mol. The van der Waals surface area contributed by atoms with Crippen molar-refractivity contribution in [3.05, 3.63) is 35.4 Å². The van der Waals surface area contributed by atoms with Crippen LogP contribution in [-0.4, -0.2) is 18.5 Å². The molecule has 1 unspecified atom stereocenters. The van der Waals surface area contributed by atoms with Crippen molar-refractivity contribution < 1.29 is 9.53 Å². The van der Waals surface area contributed by atoms with Gasteiger partial charge in [-0.3, -0.25) is 4.79 Å². The lowest BCUT2D eigenvalue weighted by Gasteiger charge is -2.34. The fourth-order valence-electron chi connectivity index (χ4n) is 3.00. The molecule has 0 amide bonds. The van der Waals surface area contributed by atoms with Gasteiger partial charge >= 0.3 is 0 Å². The zero-order valence-corrected chi connectivity index (χ0v) is 11.5. The monoisotopic (exact) mass is 246 g/mol. The zero-order valence-electron chi connectivity index (χ0n) is 11.5. The summed E-state index contributed by atoms with van der Waals surface area (Å²) in [6.45, 7) is 4.05. The Labute approximate surface area is 109 Å². The van der Waals surface area contributed by atoms with Gasteiger partial charge in [-0.15, -0.1) is 0 Å². The Bertz CT molecular complexity index is 424. The third kappa shape index (κ3) is 2.10. The first-order valence-electron chi connectivity index (χ1n) is 6.83. The molecule has 0 heterocycles. The summed E-state index contributed by atoms with van der Waals surface area (Å²) in [6.07, 6.45) is 3.17. The molecule has 0 aromatic heterocycles. The van der Waals surface area contributed by atoms with Gasteiger partial charge in [0.1, 0.15) is 5.60 Å². The number of fused-ring (bicyclic) bond motifs is 1. The highest BCUT2D eigenvalue weighted by Gasteiger charge is 2.38. The Morgan fingerprint density at radius 1 is 1.33 bits per heavy atom. The van der Waals surface area contributed by atoms with Crippen LogP contribution in [0.3, 0.4) is 0 Å². The molecule has 0 bridgehead atoms. The fourth-order valence-corrected chi connectivity index (χ4v) is 3.00. The van der Waals surface area contributed by atoms with E-state index in [-0.39, 0.29) is 5.78 Å². The smallest absolute Gasteiger partial charge is 0.165 e. The molecule has 0 N–H and O–H groups in total. The third-order valence-corrected chi connectivity index (χ3v) is 4.43. The second-order valence-corrected chi connectivity index (χ2v) is 5.13. The molecule has 98 valence electrons. The minimum Gasteiger partial charge on any atom is -0.370 e. The lowest BCUT2D eigenvalue weighted by Crippen LogP contribution is -2.41. The second-order valence-electron chi connectivity index (χ2n) is 5.13. The summed E-state index contributed by atoms with van der Waals surface area (Å²) in [5.41, 5.74) is 2.18. The average Bonchev–Trinajstić information content (AvgIpc) is 2.39. The highest BCUT2D eigenvalue weighted by Crippen LogP contribution is 2.39. The first-order valence-corrected chi connectivity index (χ1v) is 6.83. The largest absolute Gasteiger partial charge is 0.370 e. The third-order valence-electron chi connectivity index (χ3n) is 4.43. The predicted molar refractivity (Wildman–Crippen MR) is 72.8 cm³/mol. The topological polar surface area (TPSA) is 26.3 Å². The van der Waals surface area contributed by atoms with E-state index in [1.54, 1.807) is 7.11 Å². The molecule has 1 aliphatic carbocycles. The van der Waals surface area contributed by atoms with Crippen LogP contribution in [0.4, 0.5) is 0 Å². The molecule has 18 heavy (non-hydrogen) atoms. The molecular formula is C16H22O2. The van der Waals surface area contributed by atoms with E-state index in [4.69, 9.17) is 4.74 Å². The van der Waals surface area contributed by atoms with Crippen LogP contribution in [0, 0.1) is 0 Å². The first kappa shape index (κ1) is 13.3. The van der Waals surface area contributed by atoms with Crippen molar-refractivity contribution in [2.45, 2.75) is 51.0 Å². The lowest BCUT2D eigenvalue weighted by molar-refractivity contribution is -0.142. The number of hydrogen-bond acceptors (Lipinski definition) is 2. The second kappa shape index (κ2) is 5.23. The van der Waals surface area contributed by atoms with Gasteiger partial charge in [-0.25, -0.2) is 0 Å². The highest BCUT2D eigenvalue weighted by atomic mass is 16.5. The van der Waals surface area contributed by atoms with Crippen LogP contribution in [-0.2, 0) is 16.0 Å². The van der Waals surface area contributed by atoms with Crippen LogP contribution in [0.15, 0.2) is 24.3 Å². The molecule has 1 aliphatic rings. The van der Waals surface area contributed by atoms with Gasteiger partial charge in [0.15, 0.2) is 5.78 Å². The van der Waals surface area contributed by atoms with E-state index in [9.17, 15) is 4.79 Å². The minimum atomic E-state index is -0.565. The van der Waals surface area contributed by atoms with E-state index in [0.717, 1.165) is 19.3 Å². The van der Waals surface area contributed by atoms with Crippen LogP contribution in [0.25, 0.3) is 0 Å². The van der Waals surface area contributed by atoms with Gasteiger partial charge < -0.3 is 4.74 Å². The van der Waals surface area contributed by atoms with Gasteiger partial charge in [-0.05, 0) is 36.3 Å². The van der Waals surface area contributed by atoms with Crippen LogP contribution >= 0.6 is 0 Å². The van der Waals surface area contributed by atoms with Crippen molar-refractivity contribution in [2.24, 2.45) is 0 Å². The Kier molecular flexibility index (Phi) is 3.86. The average molecular weight is 246 g/mol. The van der Waals surface area contributed by atoms with Crippen LogP contribution < -0.4 is 0 Å². The summed E-state index contributed by atoms with van der Waals surface area (Å²) < 4.78 is 5.51. The number of Topliss-reactive ketones (excluding diaryl/α,β-unsaturated/α-hetero) is 1. The standard InChI is InChI=1S/C16H22O2/c1-4-16(5-2,18-3)15(17)11-13-10-12-8-6-7-9-14(12)13/h6-9,13H,4-5,10-11H2,1-3H3. The van der Waals surface area contributed by atoms with Crippen LogP contribution in [0.2, 0.25) is 0 Å². The molecule has 0 aliphatic heterocycles. The molecule has 1 atom stereocenters. The van der Waals surface area contributed by atoms with E-state index in [0.29, 0.717) is 12.3 Å². The van der Waals surface area contributed by atoms with Crippen molar-refractivity contribution in [3.8, 4) is 0 Å². The predicted octanol–water partition coefficient (Wildman–Crippen LogP) is 3.49. The number of ether oxygens (including phenoxy) is 1. The fraction of sp³-hybridized carbons (Fsp3) is 0.562. The number of methoxy groups -OCH3 is 1. The summed E-state index contributed by atoms with van der Waals surface area (Å²) in [5.74, 6) is 0.663. The van der Waals surface area contributed by atoms with Gasteiger partial charge in [0, 0.05) is 13.5 Å². The number of carbonyl (C=O) groups is 1. The normalized spacial score (nSPS) is 18.1. The SMILES string of the molecule is CCC(CC)(OC)C(=O)CC1Cc2ccccc21. The van der Waals surface area contributed by atoms with E-state index >= 15 is 0 Å². The summed E-state index contributed by atoms with van der Waals surface area (Å²) in [4.78, 5) is 12.4. The molecule has 2 rings (SSSR count). The maximum absolute atomic E-state index is 12.4. The van der Waals surface area contributed by atoms with E-state index in [2.05, 4.69) is 24.3 Å². The lowest BCUT2D eigenvalue weighted by atomic mass is 9.73. The molecule has 2 heteroatoms. The zero-order chi connectivity index (χ0) is 13.2. The van der Waals surface area contributed by atoms with Crippen LogP contribution in [0.1, 0.15) is 50.2 Å². The van der Waals surface area contributed by atoms with Crippen LogP contribution in [0.5, 0.6) is 0 Å². The molecule has 2 nitrogen and oxygen atoms in total. The Morgan fingerprint density at radius 2 is 2.00 bits per heavy atom. The van der Waals surface area contributed by atoms with Crippen molar-refractivity contribution in [3.63, 3.8) is 0 Å². The Hall–Kier alpha value is -1.15. The molecule has 0 saturated carbocycles. The summed E-state index contributed by atoms with van der Waals surface area (Å²) in [5, 5.41) is 0.